The Kier molecular flexibility index (Phi) is 4.80. The minimum absolute atomic E-state index is 0.372. The Labute approximate surface area is 96.1 Å². The summed E-state index contributed by atoms with van der Waals surface area (Å²) in [5, 5.41) is 4.59. The van der Waals surface area contributed by atoms with Gasteiger partial charge in [-0.2, -0.15) is 0 Å². The highest BCUT2D eigenvalue weighted by atomic mass is 32.1. The van der Waals surface area contributed by atoms with Crippen molar-refractivity contribution in [2.24, 2.45) is 0 Å². The van der Waals surface area contributed by atoms with Crippen LogP contribution in [0, 0.1) is 26.2 Å². The Bertz CT molecular complexity index is 349. The lowest BCUT2D eigenvalue weighted by atomic mass is 10.1. The lowest BCUT2D eigenvalue weighted by Crippen LogP contribution is -2.20. The molecule has 1 aromatic heterocycles. The summed E-state index contributed by atoms with van der Waals surface area (Å²) in [6.45, 7) is 7.20. The van der Waals surface area contributed by atoms with Crippen LogP contribution >= 0.6 is 11.3 Å². The molecule has 0 bridgehead atoms. The van der Waals surface area contributed by atoms with E-state index in [1.165, 1.54) is 4.88 Å². The number of thiazole rings is 1. The van der Waals surface area contributed by atoms with Crippen molar-refractivity contribution in [2.45, 2.75) is 39.7 Å². The average Bonchev–Trinajstić information content (AvgIpc) is 2.52. The molecule has 1 unspecified atom stereocenters. The van der Waals surface area contributed by atoms with Crippen molar-refractivity contribution in [2.75, 3.05) is 6.54 Å². The van der Waals surface area contributed by atoms with Crippen molar-refractivity contribution >= 4 is 11.3 Å². The van der Waals surface area contributed by atoms with E-state index in [2.05, 4.69) is 30.1 Å². The van der Waals surface area contributed by atoms with Crippen LogP contribution in [0.15, 0.2) is 0 Å². The highest BCUT2D eigenvalue weighted by molar-refractivity contribution is 7.11. The second-order valence-electron chi connectivity index (χ2n) is 3.54. The number of aryl methyl sites for hydroxylation is 2. The summed E-state index contributed by atoms with van der Waals surface area (Å²) in [5.74, 6) is 2.70. The third kappa shape index (κ3) is 3.33. The van der Waals surface area contributed by atoms with Crippen molar-refractivity contribution in [3.63, 3.8) is 0 Å². The van der Waals surface area contributed by atoms with Crippen LogP contribution in [0.25, 0.3) is 0 Å². The van der Waals surface area contributed by atoms with Gasteiger partial charge in [0.05, 0.1) is 10.7 Å². The minimum atomic E-state index is 0.372. The van der Waals surface area contributed by atoms with Gasteiger partial charge in [-0.05, 0) is 26.8 Å². The summed E-state index contributed by atoms with van der Waals surface area (Å²) < 4.78 is 0. The first kappa shape index (κ1) is 12.2. The van der Waals surface area contributed by atoms with E-state index in [1.807, 2.05) is 6.92 Å². The van der Waals surface area contributed by atoms with Crippen molar-refractivity contribution in [3.05, 3.63) is 15.6 Å². The predicted molar refractivity (Wildman–Crippen MR) is 66.1 cm³/mol. The van der Waals surface area contributed by atoms with Gasteiger partial charge in [-0.3, -0.25) is 0 Å². The topological polar surface area (TPSA) is 24.9 Å². The van der Waals surface area contributed by atoms with Gasteiger partial charge in [-0.15, -0.1) is 23.7 Å². The molecule has 0 aliphatic heterocycles. The second kappa shape index (κ2) is 5.89. The maximum atomic E-state index is 5.30. The van der Waals surface area contributed by atoms with Gasteiger partial charge in [0.2, 0.25) is 0 Å². The van der Waals surface area contributed by atoms with Gasteiger partial charge in [0.15, 0.2) is 0 Å². The molecule has 0 fully saturated rings. The second-order valence-corrected chi connectivity index (χ2v) is 4.77. The molecule has 15 heavy (non-hydrogen) atoms. The van der Waals surface area contributed by atoms with E-state index in [-0.39, 0.29) is 0 Å². The van der Waals surface area contributed by atoms with Gasteiger partial charge in [-0.1, -0.05) is 6.92 Å². The maximum Gasteiger partial charge on any atom is 0.0900 e. The van der Waals surface area contributed by atoms with Crippen molar-refractivity contribution in [1.29, 1.82) is 0 Å². The molecular weight excluding hydrogens is 204 g/mol. The van der Waals surface area contributed by atoms with Crippen LogP contribution in [-0.2, 0) is 0 Å². The zero-order chi connectivity index (χ0) is 11.3. The molecular formula is C12H18N2S. The fraction of sp³-hybridized carbons (Fsp3) is 0.583. The highest BCUT2D eigenvalue weighted by Gasteiger charge is 2.15. The molecule has 1 heterocycles. The van der Waals surface area contributed by atoms with E-state index in [4.69, 9.17) is 6.42 Å². The molecule has 0 amide bonds. The molecule has 82 valence electrons. The average molecular weight is 222 g/mol. The predicted octanol–water partition coefficient (Wildman–Crippen LogP) is 2.82. The molecule has 2 nitrogen and oxygen atoms in total. The molecule has 0 aliphatic carbocycles. The molecule has 1 N–H and O–H groups in total. The van der Waals surface area contributed by atoms with Gasteiger partial charge >= 0.3 is 0 Å². The fourth-order valence-corrected chi connectivity index (χ4v) is 2.71. The van der Waals surface area contributed by atoms with Gasteiger partial charge in [-0.25, -0.2) is 4.98 Å². The summed E-state index contributed by atoms with van der Waals surface area (Å²) in [4.78, 5) is 5.79. The zero-order valence-electron chi connectivity index (χ0n) is 9.63. The van der Waals surface area contributed by atoms with E-state index >= 15 is 0 Å². The number of nitrogens with one attached hydrogen (secondary N) is 1. The van der Waals surface area contributed by atoms with Crippen molar-refractivity contribution in [1.82, 2.24) is 10.3 Å². The number of rotatable bonds is 5. The van der Waals surface area contributed by atoms with Crippen LogP contribution in [0.4, 0.5) is 0 Å². The smallest absolute Gasteiger partial charge is 0.0900 e. The van der Waals surface area contributed by atoms with E-state index < -0.39 is 0 Å². The van der Waals surface area contributed by atoms with E-state index in [0.717, 1.165) is 30.1 Å². The van der Waals surface area contributed by atoms with Gasteiger partial charge in [0, 0.05) is 17.3 Å². The SMILES string of the molecule is C#CCCC(NCC)c1sc(C)nc1C. The standard InChI is InChI=1S/C12H18N2S/c1-5-7-8-11(13-6-2)12-9(3)14-10(4)15-12/h1,11,13H,6-8H2,2-4H3. The van der Waals surface area contributed by atoms with Crippen LogP contribution in [0.2, 0.25) is 0 Å². The summed E-state index contributed by atoms with van der Waals surface area (Å²) in [7, 11) is 0. The molecule has 0 spiro atoms. The zero-order valence-corrected chi connectivity index (χ0v) is 10.4. The molecule has 0 saturated heterocycles. The Hall–Kier alpha value is -0.850. The first-order valence-corrected chi connectivity index (χ1v) is 6.11. The molecule has 0 aromatic carbocycles. The normalized spacial score (nSPS) is 12.4. The molecule has 1 atom stereocenters. The third-order valence-corrected chi connectivity index (χ3v) is 3.47. The largest absolute Gasteiger partial charge is 0.309 e. The van der Waals surface area contributed by atoms with Crippen LogP contribution in [-0.4, -0.2) is 11.5 Å². The van der Waals surface area contributed by atoms with Crippen molar-refractivity contribution in [3.8, 4) is 12.3 Å². The molecule has 1 rings (SSSR count). The van der Waals surface area contributed by atoms with Crippen LogP contribution in [0.3, 0.4) is 0 Å². The Balaban J connectivity index is 2.79. The number of hydrogen-bond donors (Lipinski definition) is 1. The first-order valence-electron chi connectivity index (χ1n) is 5.29. The summed E-state index contributed by atoms with van der Waals surface area (Å²) in [5.41, 5.74) is 1.14. The molecule has 0 aliphatic rings. The summed E-state index contributed by atoms with van der Waals surface area (Å²) in [6.07, 6.45) is 7.11. The molecule has 0 saturated carbocycles. The van der Waals surface area contributed by atoms with Crippen LogP contribution < -0.4 is 5.32 Å². The van der Waals surface area contributed by atoms with E-state index in [1.54, 1.807) is 11.3 Å². The Morgan fingerprint density at radius 2 is 2.27 bits per heavy atom. The van der Waals surface area contributed by atoms with Crippen LogP contribution in [0.5, 0.6) is 0 Å². The van der Waals surface area contributed by atoms with Crippen molar-refractivity contribution < 1.29 is 0 Å². The van der Waals surface area contributed by atoms with Gasteiger partial charge in [0.25, 0.3) is 0 Å². The monoisotopic (exact) mass is 222 g/mol. The number of hydrogen-bond acceptors (Lipinski definition) is 3. The fourth-order valence-electron chi connectivity index (χ4n) is 1.67. The van der Waals surface area contributed by atoms with Gasteiger partial charge in [0.1, 0.15) is 0 Å². The quantitative estimate of drug-likeness (QED) is 0.775. The maximum absolute atomic E-state index is 5.30. The summed E-state index contributed by atoms with van der Waals surface area (Å²) in [6, 6.07) is 0.372. The number of nitrogens with zero attached hydrogens (tertiary/aromatic N) is 1. The Morgan fingerprint density at radius 1 is 1.53 bits per heavy atom. The molecule has 1 aromatic rings. The highest BCUT2D eigenvalue weighted by Crippen LogP contribution is 2.27. The van der Waals surface area contributed by atoms with E-state index in [9.17, 15) is 0 Å². The molecule has 3 heteroatoms. The van der Waals surface area contributed by atoms with Gasteiger partial charge < -0.3 is 5.32 Å². The minimum Gasteiger partial charge on any atom is -0.309 e. The lowest BCUT2D eigenvalue weighted by Gasteiger charge is -2.15. The lowest BCUT2D eigenvalue weighted by molar-refractivity contribution is 0.527. The van der Waals surface area contributed by atoms with E-state index in [0.29, 0.717) is 6.04 Å². The third-order valence-electron chi connectivity index (χ3n) is 2.28. The number of terminal acetylenes is 1. The first-order chi connectivity index (χ1) is 7.19. The molecule has 0 radical (unpaired) electrons. The Morgan fingerprint density at radius 3 is 2.73 bits per heavy atom. The number of aromatic nitrogens is 1. The van der Waals surface area contributed by atoms with Crippen LogP contribution in [0.1, 0.15) is 41.4 Å². The summed E-state index contributed by atoms with van der Waals surface area (Å²) >= 11 is 1.77.